The first-order chi connectivity index (χ1) is 12.4. The number of sulfonamides is 1. The molecule has 0 aliphatic carbocycles. The second-order valence-electron chi connectivity index (χ2n) is 5.75. The molecule has 0 aliphatic rings. The third kappa shape index (κ3) is 5.57. The molecule has 0 saturated heterocycles. The molecule has 0 aromatic heterocycles. The van der Waals surface area contributed by atoms with Gasteiger partial charge in [0.05, 0.1) is 17.1 Å². The van der Waals surface area contributed by atoms with Crippen LogP contribution in [-0.4, -0.2) is 41.1 Å². The van der Waals surface area contributed by atoms with Crippen LogP contribution < -0.4 is 9.62 Å². The molecule has 1 N–H and O–H groups in total. The first-order valence-electron chi connectivity index (χ1n) is 8.47. The zero-order valence-electron chi connectivity index (χ0n) is 15.0. The first-order valence-corrected chi connectivity index (χ1v) is 9.95. The summed E-state index contributed by atoms with van der Waals surface area (Å²) in [6.07, 6.45) is 0.672. The third-order valence-electron chi connectivity index (χ3n) is 3.84. The summed E-state index contributed by atoms with van der Waals surface area (Å²) >= 11 is 0. The molecule has 0 spiro atoms. The van der Waals surface area contributed by atoms with E-state index in [1.165, 1.54) is 24.3 Å². The summed E-state index contributed by atoms with van der Waals surface area (Å²) in [6.45, 7) is 3.06. The van der Waals surface area contributed by atoms with Crippen LogP contribution in [0.3, 0.4) is 0 Å². The van der Waals surface area contributed by atoms with E-state index in [2.05, 4.69) is 9.62 Å². The number of nitrogens with zero attached hydrogens (tertiary/aromatic N) is 1. The Morgan fingerprint density at radius 1 is 1.08 bits per heavy atom. The number of benzene rings is 2. The summed E-state index contributed by atoms with van der Waals surface area (Å²) in [5, 5.41) is 0. The Labute approximate surface area is 154 Å². The number of hydrogen-bond donors (Lipinski definition) is 1. The van der Waals surface area contributed by atoms with Crippen LogP contribution in [0.5, 0.6) is 0 Å². The molecule has 26 heavy (non-hydrogen) atoms. The highest BCUT2D eigenvalue weighted by Gasteiger charge is 2.15. The molecular weight excluding hydrogens is 352 g/mol. The van der Waals surface area contributed by atoms with Gasteiger partial charge in [-0.2, -0.15) is 0 Å². The van der Waals surface area contributed by atoms with Gasteiger partial charge in [-0.3, -0.25) is 0 Å². The van der Waals surface area contributed by atoms with Gasteiger partial charge in [-0.15, -0.1) is 0 Å². The minimum atomic E-state index is -3.60. The van der Waals surface area contributed by atoms with Crippen LogP contribution in [-0.2, 0) is 14.8 Å². The number of anilines is 1. The van der Waals surface area contributed by atoms with Crippen molar-refractivity contribution in [2.75, 3.05) is 31.6 Å². The Morgan fingerprint density at radius 2 is 1.73 bits per heavy atom. The van der Waals surface area contributed by atoms with E-state index in [4.69, 9.17) is 4.74 Å². The smallest absolute Gasteiger partial charge is 0.338 e. The molecule has 0 atom stereocenters. The van der Waals surface area contributed by atoms with E-state index < -0.39 is 16.0 Å². The summed E-state index contributed by atoms with van der Waals surface area (Å²) in [6, 6.07) is 15.6. The van der Waals surface area contributed by atoms with Gasteiger partial charge in [-0.05, 0) is 49.7 Å². The molecule has 2 aromatic rings. The number of hydrogen-bond acceptors (Lipinski definition) is 5. The highest BCUT2D eigenvalue weighted by atomic mass is 32.2. The fourth-order valence-electron chi connectivity index (χ4n) is 2.40. The van der Waals surface area contributed by atoms with Crippen molar-refractivity contribution < 1.29 is 17.9 Å². The summed E-state index contributed by atoms with van der Waals surface area (Å²) in [5.74, 6) is -0.464. The lowest BCUT2D eigenvalue weighted by molar-refractivity contribution is 0.0526. The molecular formula is C19H24N2O4S. The van der Waals surface area contributed by atoms with Crippen LogP contribution >= 0.6 is 0 Å². The van der Waals surface area contributed by atoms with E-state index >= 15 is 0 Å². The van der Waals surface area contributed by atoms with E-state index in [0.717, 1.165) is 12.2 Å². The average Bonchev–Trinajstić information content (AvgIpc) is 2.66. The molecule has 2 aromatic carbocycles. The zero-order chi connectivity index (χ0) is 19.0. The molecule has 0 aliphatic heterocycles. The molecule has 0 unspecified atom stereocenters. The van der Waals surface area contributed by atoms with Gasteiger partial charge in [-0.25, -0.2) is 17.9 Å². The normalized spacial score (nSPS) is 11.2. The van der Waals surface area contributed by atoms with Crippen molar-refractivity contribution in [1.82, 2.24) is 4.72 Å². The Morgan fingerprint density at radius 3 is 2.35 bits per heavy atom. The lowest BCUT2D eigenvalue weighted by Crippen LogP contribution is -2.28. The quantitative estimate of drug-likeness (QED) is 0.538. The molecule has 140 valence electrons. The topological polar surface area (TPSA) is 75.7 Å². The molecule has 0 radical (unpaired) electrons. The van der Waals surface area contributed by atoms with E-state index in [1.54, 1.807) is 6.92 Å². The summed E-state index contributed by atoms with van der Waals surface area (Å²) in [7, 11) is -1.63. The van der Waals surface area contributed by atoms with Gasteiger partial charge in [0.2, 0.25) is 10.0 Å². The highest BCUT2D eigenvalue weighted by Crippen LogP contribution is 2.13. The van der Waals surface area contributed by atoms with Crippen molar-refractivity contribution >= 4 is 21.7 Å². The van der Waals surface area contributed by atoms with Crippen molar-refractivity contribution in [1.29, 1.82) is 0 Å². The van der Waals surface area contributed by atoms with Crippen molar-refractivity contribution in [3.63, 3.8) is 0 Å². The van der Waals surface area contributed by atoms with Gasteiger partial charge < -0.3 is 9.64 Å². The number of nitrogens with one attached hydrogen (secondary N) is 1. The Bertz CT molecular complexity index is 805. The maximum atomic E-state index is 12.3. The van der Waals surface area contributed by atoms with Gasteiger partial charge in [-0.1, -0.05) is 18.2 Å². The van der Waals surface area contributed by atoms with E-state index in [1.807, 2.05) is 37.4 Å². The van der Waals surface area contributed by atoms with E-state index in [0.29, 0.717) is 18.5 Å². The number of rotatable bonds is 9. The SMILES string of the molecule is CCOC(=O)c1ccc(S(=O)(=O)NCCCN(C)c2ccccc2)cc1. The third-order valence-corrected chi connectivity index (χ3v) is 5.31. The number of esters is 1. The summed E-state index contributed by atoms with van der Waals surface area (Å²) in [5.41, 5.74) is 1.42. The van der Waals surface area contributed by atoms with Crippen LogP contribution in [0.4, 0.5) is 5.69 Å². The molecule has 2 rings (SSSR count). The minimum absolute atomic E-state index is 0.127. The predicted octanol–water partition coefficient (Wildman–Crippen LogP) is 2.67. The fraction of sp³-hybridized carbons (Fsp3) is 0.316. The Kier molecular flexibility index (Phi) is 7.17. The Hall–Kier alpha value is -2.38. The van der Waals surface area contributed by atoms with Crippen molar-refractivity contribution in [3.8, 4) is 0 Å². The first kappa shape index (κ1) is 19.9. The second kappa shape index (κ2) is 9.35. The predicted molar refractivity (Wildman–Crippen MR) is 102 cm³/mol. The maximum absolute atomic E-state index is 12.3. The van der Waals surface area contributed by atoms with E-state index in [9.17, 15) is 13.2 Å². The summed E-state index contributed by atoms with van der Waals surface area (Å²) < 4.78 is 32.1. The fourth-order valence-corrected chi connectivity index (χ4v) is 3.48. The Balaban J connectivity index is 1.85. The van der Waals surface area contributed by atoms with Gasteiger partial charge >= 0.3 is 5.97 Å². The molecule has 0 saturated carbocycles. The minimum Gasteiger partial charge on any atom is -0.462 e. The van der Waals surface area contributed by atoms with Gasteiger partial charge in [0, 0.05) is 25.8 Å². The molecule has 0 amide bonds. The molecule has 0 bridgehead atoms. The van der Waals surface area contributed by atoms with Crippen LogP contribution in [0.25, 0.3) is 0 Å². The maximum Gasteiger partial charge on any atom is 0.338 e. The molecule has 7 heteroatoms. The summed E-state index contributed by atoms with van der Waals surface area (Å²) in [4.78, 5) is 13.8. The van der Waals surface area contributed by atoms with Crippen molar-refractivity contribution in [2.24, 2.45) is 0 Å². The van der Waals surface area contributed by atoms with Gasteiger partial charge in [0.25, 0.3) is 0 Å². The van der Waals surface area contributed by atoms with Gasteiger partial charge in [0.1, 0.15) is 0 Å². The van der Waals surface area contributed by atoms with Crippen LogP contribution in [0, 0.1) is 0 Å². The van der Waals surface area contributed by atoms with Crippen LogP contribution in [0.2, 0.25) is 0 Å². The van der Waals surface area contributed by atoms with Crippen LogP contribution in [0.15, 0.2) is 59.5 Å². The number of para-hydroxylation sites is 1. The van der Waals surface area contributed by atoms with Crippen molar-refractivity contribution in [2.45, 2.75) is 18.2 Å². The van der Waals surface area contributed by atoms with Crippen LogP contribution in [0.1, 0.15) is 23.7 Å². The highest BCUT2D eigenvalue weighted by molar-refractivity contribution is 7.89. The van der Waals surface area contributed by atoms with Gasteiger partial charge in [0.15, 0.2) is 0 Å². The average molecular weight is 376 g/mol. The lowest BCUT2D eigenvalue weighted by atomic mass is 10.2. The standard InChI is InChI=1S/C19H24N2O4S/c1-3-25-19(22)16-10-12-18(13-11-16)26(23,24)20-14-7-15-21(2)17-8-5-4-6-9-17/h4-6,8-13,20H,3,7,14-15H2,1-2H3. The number of carbonyl (C=O) groups is 1. The molecule has 6 nitrogen and oxygen atoms in total. The molecule has 0 heterocycles. The van der Waals surface area contributed by atoms with Crippen molar-refractivity contribution in [3.05, 3.63) is 60.2 Å². The molecule has 0 fully saturated rings. The zero-order valence-corrected chi connectivity index (χ0v) is 15.8. The monoisotopic (exact) mass is 376 g/mol. The largest absolute Gasteiger partial charge is 0.462 e. The lowest BCUT2D eigenvalue weighted by Gasteiger charge is -2.19. The second-order valence-corrected chi connectivity index (χ2v) is 7.52. The van der Waals surface area contributed by atoms with E-state index in [-0.39, 0.29) is 11.5 Å². The number of carbonyl (C=O) groups excluding carboxylic acids is 1. The number of ether oxygens (including phenoxy) is 1.